The summed E-state index contributed by atoms with van der Waals surface area (Å²) >= 11 is 5.73. The highest BCUT2D eigenvalue weighted by Crippen LogP contribution is 2.09. The second-order valence-electron chi connectivity index (χ2n) is 4.31. The topological polar surface area (TPSA) is 75.3 Å². The highest BCUT2D eigenvalue weighted by Gasteiger charge is 2.05. The van der Waals surface area contributed by atoms with Crippen LogP contribution < -0.4 is 10.6 Å². The van der Waals surface area contributed by atoms with Gasteiger partial charge in [0.2, 0.25) is 5.91 Å². The average Bonchev–Trinajstić information content (AvgIpc) is 2.42. The predicted octanol–water partition coefficient (Wildman–Crippen LogP) is 1.56. The van der Waals surface area contributed by atoms with E-state index in [9.17, 15) is 14.4 Å². The molecule has 20 heavy (non-hydrogen) atoms. The minimum atomic E-state index is -0.223. The number of benzene rings is 1. The first-order valence-electron chi connectivity index (χ1n) is 6.29. The highest BCUT2D eigenvalue weighted by molar-refractivity contribution is 6.30. The number of ketones is 1. The molecule has 0 saturated carbocycles. The van der Waals surface area contributed by atoms with Crippen LogP contribution in [0.2, 0.25) is 5.02 Å². The quantitative estimate of drug-likeness (QED) is 0.750. The Morgan fingerprint density at radius 3 is 2.20 bits per heavy atom. The standard InChI is InChI=1S/C14H17ClN2O3/c1-10(18)2-7-13(19)16-8-9-17-14(20)11-3-5-12(15)6-4-11/h3-6H,2,7-9H2,1H3,(H,16,19)(H,17,20). The summed E-state index contributed by atoms with van der Waals surface area (Å²) in [5.74, 6) is -0.434. The molecule has 0 atom stereocenters. The Balaban J connectivity index is 2.20. The molecular weight excluding hydrogens is 280 g/mol. The van der Waals surface area contributed by atoms with Gasteiger partial charge in [-0.15, -0.1) is 0 Å². The molecule has 0 spiro atoms. The van der Waals surface area contributed by atoms with Crippen LogP contribution in [-0.4, -0.2) is 30.7 Å². The van der Waals surface area contributed by atoms with Crippen molar-refractivity contribution < 1.29 is 14.4 Å². The molecule has 2 N–H and O–H groups in total. The molecule has 108 valence electrons. The monoisotopic (exact) mass is 296 g/mol. The molecule has 0 aliphatic heterocycles. The van der Waals surface area contributed by atoms with Gasteiger partial charge in [-0.05, 0) is 31.2 Å². The molecule has 0 aliphatic rings. The molecule has 6 heteroatoms. The van der Waals surface area contributed by atoms with Gasteiger partial charge in [0, 0.05) is 36.5 Å². The third-order valence-corrected chi connectivity index (χ3v) is 2.80. The predicted molar refractivity (Wildman–Crippen MR) is 76.7 cm³/mol. The van der Waals surface area contributed by atoms with Gasteiger partial charge in [0.15, 0.2) is 0 Å². The van der Waals surface area contributed by atoms with Crippen LogP contribution in [0.1, 0.15) is 30.1 Å². The Hall–Kier alpha value is -1.88. The zero-order valence-corrected chi connectivity index (χ0v) is 12.0. The molecule has 2 amide bonds. The Bertz CT molecular complexity index is 486. The van der Waals surface area contributed by atoms with Crippen LogP contribution in [-0.2, 0) is 9.59 Å². The fourth-order valence-electron chi connectivity index (χ4n) is 1.46. The summed E-state index contributed by atoms with van der Waals surface area (Å²) in [5.41, 5.74) is 0.511. The van der Waals surface area contributed by atoms with Gasteiger partial charge in [-0.1, -0.05) is 11.6 Å². The number of carbonyl (C=O) groups is 3. The lowest BCUT2D eigenvalue weighted by Crippen LogP contribution is -2.34. The first-order valence-corrected chi connectivity index (χ1v) is 6.66. The van der Waals surface area contributed by atoms with Crippen LogP contribution in [0.25, 0.3) is 0 Å². The van der Waals surface area contributed by atoms with Crippen LogP contribution in [0, 0.1) is 0 Å². The second-order valence-corrected chi connectivity index (χ2v) is 4.75. The van der Waals surface area contributed by atoms with Crippen LogP contribution in [0.4, 0.5) is 0 Å². The molecule has 0 aliphatic carbocycles. The van der Waals surface area contributed by atoms with Crippen LogP contribution in [0.3, 0.4) is 0 Å². The van der Waals surface area contributed by atoms with E-state index in [0.29, 0.717) is 23.7 Å². The maximum Gasteiger partial charge on any atom is 0.251 e. The maximum atomic E-state index is 11.7. The highest BCUT2D eigenvalue weighted by atomic mass is 35.5. The van der Waals surface area contributed by atoms with E-state index in [0.717, 1.165) is 0 Å². The second kappa shape index (κ2) is 8.32. The van der Waals surface area contributed by atoms with Crippen molar-refractivity contribution in [3.8, 4) is 0 Å². The summed E-state index contributed by atoms with van der Waals surface area (Å²) < 4.78 is 0. The van der Waals surface area contributed by atoms with Gasteiger partial charge in [0.1, 0.15) is 5.78 Å². The number of hydrogen-bond donors (Lipinski definition) is 2. The molecule has 0 unspecified atom stereocenters. The minimum absolute atomic E-state index is 0.0174. The van der Waals surface area contributed by atoms with Crippen molar-refractivity contribution in [2.75, 3.05) is 13.1 Å². The third kappa shape index (κ3) is 6.33. The summed E-state index contributed by atoms with van der Waals surface area (Å²) in [6, 6.07) is 6.53. The molecule has 1 rings (SSSR count). The number of nitrogens with one attached hydrogen (secondary N) is 2. The Morgan fingerprint density at radius 2 is 1.60 bits per heavy atom. The molecule has 0 radical (unpaired) electrons. The molecule has 1 aromatic carbocycles. The van der Waals surface area contributed by atoms with Crippen molar-refractivity contribution >= 4 is 29.2 Å². The normalized spacial score (nSPS) is 9.90. The lowest BCUT2D eigenvalue weighted by atomic mass is 10.2. The maximum absolute atomic E-state index is 11.7. The Labute approximate surface area is 122 Å². The van der Waals surface area contributed by atoms with E-state index < -0.39 is 0 Å². The SMILES string of the molecule is CC(=O)CCC(=O)NCCNC(=O)c1ccc(Cl)cc1. The Morgan fingerprint density at radius 1 is 1.00 bits per heavy atom. The summed E-state index contributed by atoms with van der Waals surface area (Å²) in [4.78, 5) is 33.7. The molecule has 0 aromatic heterocycles. The van der Waals surface area contributed by atoms with Gasteiger partial charge < -0.3 is 15.4 Å². The van der Waals surface area contributed by atoms with Gasteiger partial charge in [-0.3, -0.25) is 9.59 Å². The fourth-order valence-corrected chi connectivity index (χ4v) is 1.59. The number of rotatable bonds is 7. The van der Waals surface area contributed by atoms with Gasteiger partial charge >= 0.3 is 0 Å². The number of Topliss-reactive ketones (excluding diaryl/α,β-unsaturated/α-hetero) is 1. The van der Waals surface area contributed by atoms with Crippen LogP contribution >= 0.6 is 11.6 Å². The van der Waals surface area contributed by atoms with Gasteiger partial charge in [0.05, 0.1) is 0 Å². The van der Waals surface area contributed by atoms with Crippen molar-refractivity contribution in [1.82, 2.24) is 10.6 Å². The molecule has 5 nitrogen and oxygen atoms in total. The summed E-state index contributed by atoms with van der Waals surface area (Å²) in [6.45, 7) is 2.10. The van der Waals surface area contributed by atoms with Crippen molar-refractivity contribution in [3.05, 3.63) is 34.9 Å². The summed E-state index contributed by atoms with van der Waals surface area (Å²) in [5, 5.41) is 5.87. The van der Waals surface area contributed by atoms with Gasteiger partial charge in [0.25, 0.3) is 5.91 Å². The van der Waals surface area contributed by atoms with E-state index in [4.69, 9.17) is 11.6 Å². The Kier molecular flexibility index (Phi) is 6.73. The van der Waals surface area contributed by atoms with Gasteiger partial charge in [-0.2, -0.15) is 0 Å². The van der Waals surface area contributed by atoms with E-state index in [2.05, 4.69) is 10.6 Å². The van der Waals surface area contributed by atoms with E-state index >= 15 is 0 Å². The smallest absolute Gasteiger partial charge is 0.251 e. The first-order chi connectivity index (χ1) is 9.49. The lowest BCUT2D eigenvalue weighted by Gasteiger charge is -2.07. The van der Waals surface area contributed by atoms with E-state index in [1.165, 1.54) is 6.92 Å². The molecule has 0 fully saturated rings. The van der Waals surface area contributed by atoms with E-state index in [-0.39, 0.29) is 30.4 Å². The van der Waals surface area contributed by atoms with Gasteiger partial charge in [-0.25, -0.2) is 0 Å². The zero-order chi connectivity index (χ0) is 15.0. The van der Waals surface area contributed by atoms with Crippen molar-refractivity contribution in [2.45, 2.75) is 19.8 Å². The number of carbonyl (C=O) groups excluding carboxylic acids is 3. The number of hydrogen-bond acceptors (Lipinski definition) is 3. The lowest BCUT2D eigenvalue weighted by molar-refractivity contribution is -0.124. The number of amides is 2. The van der Waals surface area contributed by atoms with E-state index in [1.807, 2.05) is 0 Å². The largest absolute Gasteiger partial charge is 0.354 e. The fraction of sp³-hybridized carbons (Fsp3) is 0.357. The summed E-state index contributed by atoms with van der Waals surface area (Å²) in [6.07, 6.45) is 0.420. The van der Waals surface area contributed by atoms with Crippen LogP contribution in [0.15, 0.2) is 24.3 Å². The van der Waals surface area contributed by atoms with E-state index in [1.54, 1.807) is 24.3 Å². The molecular formula is C14H17ClN2O3. The van der Waals surface area contributed by atoms with Crippen molar-refractivity contribution in [2.24, 2.45) is 0 Å². The average molecular weight is 297 g/mol. The van der Waals surface area contributed by atoms with Crippen molar-refractivity contribution in [1.29, 1.82) is 0 Å². The van der Waals surface area contributed by atoms with Crippen LogP contribution in [0.5, 0.6) is 0 Å². The molecule has 0 heterocycles. The molecule has 0 saturated heterocycles. The zero-order valence-electron chi connectivity index (χ0n) is 11.2. The minimum Gasteiger partial charge on any atom is -0.354 e. The first kappa shape index (κ1) is 16.2. The third-order valence-electron chi connectivity index (χ3n) is 2.54. The summed E-state index contributed by atoms with van der Waals surface area (Å²) in [7, 11) is 0. The molecule has 1 aromatic rings. The number of halogens is 1. The molecule has 0 bridgehead atoms. The van der Waals surface area contributed by atoms with Crippen molar-refractivity contribution in [3.63, 3.8) is 0 Å².